The standard InChI is InChI=1S/C26H31N3O3S/c1-17(2)26(30)29(23-9-6-18(3)7-10-23)15-21-8-11-24-22(14-21)16-28(12-13-31-24)33-25-19(4)27-32-20(25)5/h6-11,14,17H,12-13,15-16H2,1-5H3. The first-order valence-electron chi connectivity index (χ1n) is 11.3. The third-order valence-electron chi connectivity index (χ3n) is 5.70. The zero-order valence-electron chi connectivity index (χ0n) is 19.9. The van der Waals surface area contributed by atoms with E-state index in [9.17, 15) is 4.79 Å². The number of aryl methyl sites for hydroxylation is 3. The van der Waals surface area contributed by atoms with Crippen molar-refractivity contribution in [1.82, 2.24) is 9.46 Å². The topological polar surface area (TPSA) is 58.8 Å². The van der Waals surface area contributed by atoms with Crippen LogP contribution in [0.25, 0.3) is 0 Å². The monoisotopic (exact) mass is 465 g/mol. The second-order valence-corrected chi connectivity index (χ2v) is 9.92. The van der Waals surface area contributed by atoms with Crippen molar-refractivity contribution in [2.24, 2.45) is 5.92 Å². The molecular weight excluding hydrogens is 434 g/mol. The van der Waals surface area contributed by atoms with Crippen LogP contribution in [0.1, 0.15) is 42.0 Å². The van der Waals surface area contributed by atoms with Crippen LogP contribution in [0.3, 0.4) is 0 Å². The minimum absolute atomic E-state index is 0.0857. The average Bonchev–Trinajstić information content (AvgIpc) is 2.98. The first kappa shape index (κ1) is 23.4. The maximum absolute atomic E-state index is 13.0. The number of fused-ring (bicyclic) bond motifs is 1. The van der Waals surface area contributed by atoms with Crippen molar-refractivity contribution >= 4 is 23.5 Å². The summed E-state index contributed by atoms with van der Waals surface area (Å²) in [4.78, 5) is 16.0. The molecule has 0 bridgehead atoms. The Morgan fingerprint density at radius 3 is 2.58 bits per heavy atom. The molecule has 174 valence electrons. The zero-order chi connectivity index (χ0) is 23.5. The number of carbonyl (C=O) groups excluding carboxylic acids is 1. The number of amides is 1. The van der Waals surface area contributed by atoms with Gasteiger partial charge in [0.1, 0.15) is 18.1 Å². The molecule has 2 aromatic carbocycles. The van der Waals surface area contributed by atoms with Crippen LogP contribution in [-0.2, 0) is 17.9 Å². The highest BCUT2D eigenvalue weighted by molar-refractivity contribution is 7.97. The number of carbonyl (C=O) groups is 1. The highest BCUT2D eigenvalue weighted by Gasteiger charge is 2.23. The van der Waals surface area contributed by atoms with Gasteiger partial charge in [-0.05, 0) is 62.5 Å². The molecule has 0 aliphatic carbocycles. The van der Waals surface area contributed by atoms with Crippen LogP contribution in [0.5, 0.6) is 5.75 Å². The fraction of sp³-hybridized carbons (Fsp3) is 0.385. The Morgan fingerprint density at radius 2 is 1.91 bits per heavy atom. The second kappa shape index (κ2) is 10.0. The molecule has 6 nitrogen and oxygen atoms in total. The van der Waals surface area contributed by atoms with E-state index in [0.29, 0.717) is 13.2 Å². The number of hydrogen-bond acceptors (Lipinski definition) is 6. The highest BCUT2D eigenvalue weighted by Crippen LogP contribution is 2.34. The molecule has 0 unspecified atom stereocenters. The molecule has 0 saturated heterocycles. The van der Waals surface area contributed by atoms with E-state index >= 15 is 0 Å². The summed E-state index contributed by atoms with van der Waals surface area (Å²) in [6.45, 7) is 12.5. The van der Waals surface area contributed by atoms with Gasteiger partial charge in [-0.3, -0.25) is 4.79 Å². The van der Waals surface area contributed by atoms with E-state index in [1.54, 1.807) is 11.9 Å². The summed E-state index contributed by atoms with van der Waals surface area (Å²) in [5.41, 5.74) is 5.19. The molecule has 1 aliphatic rings. The Balaban J connectivity index is 1.57. The summed E-state index contributed by atoms with van der Waals surface area (Å²) in [7, 11) is 0. The van der Waals surface area contributed by atoms with Crippen LogP contribution >= 0.6 is 11.9 Å². The molecule has 7 heteroatoms. The summed E-state index contributed by atoms with van der Waals surface area (Å²) in [6, 6.07) is 14.4. The molecule has 4 rings (SSSR count). The fourth-order valence-corrected chi connectivity index (χ4v) is 4.81. The number of anilines is 1. The summed E-state index contributed by atoms with van der Waals surface area (Å²) in [6.07, 6.45) is 0. The summed E-state index contributed by atoms with van der Waals surface area (Å²) < 4.78 is 13.6. The molecule has 2 heterocycles. The quantitative estimate of drug-likeness (QED) is 0.436. The Kier molecular flexibility index (Phi) is 7.10. The second-order valence-electron chi connectivity index (χ2n) is 8.81. The molecule has 1 amide bonds. The SMILES string of the molecule is Cc1ccc(N(Cc2ccc3c(c2)CN(Sc2c(C)noc2C)CCO3)C(=O)C(C)C)cc1. The molecule has 0 atom stereocenters. The van der Waals surface area contributed by atoms with E-state index in [2.05, 4.69) is 28.5 Å². The van der Waals surface area contributed by atoms with Gasteiger partial charge in [0.25, 0.3) is 0 Å². The van der Waals surface area contributed by atoms with E-state index < -0.39 is 0 Å². The van der Waals surface area contributed by atoms with E-state index in [0.717, 1.165) is 52.0 Å². The molecule has 0 fully saturated rings. The van der Waals surface area contributed by atoms with Gasteiger partial charge in [0.05, 0.1) is 17.1 Å². The Bertz CT molecular complexity index is 1100. The summed E-state index contributed by atoms with van der Waals surface area (Å²) in [5, 5.41) is 4.07. The van der Waals surface area contributed by atoms with Crippen LogP contribution < -0.4 is 9.64 Å². The van der Waals surface area contributed by atoms with E-state index in [1.807, 2.05) is 62.9 Å². The molecule has 1 aromatic heterocycles. The predicted octanol–water partition coefficient (Wildman–Crippen LogP) is 5.69. The van der Waals surface area contributed by atoms with Crippen molar-refractivity contribution in [2.45, 2.75) is 52.6 Å². The van der Waals surface area contributed by atoms with Crippen molar-refractivity contribution in [3.8, 4) is 5.75 Å². The minimum Gasteiger partial charge on any atom is -0.492 e. The van der Waals surface area contributed by atoms with Gasteiger partial charge >= 0.3 is 0 Å². The van der Waals surface area contributed by atoms with Crippen LogP contribution in [0.2, 0.25) is 0 Å². The largest absolute Gasteiger partial charge is 0.492 e. The number of benzene rings is 2. The fourth-order valence-electron chi connectivity index (χ4n) is 3.85. The van der Waals surface area contributed by atoms with Crippen LogP contribution in [0, 0.1) is 26.7 Å². The lowest BCUT2D eigenvalue weighted by atomic mass is 10.1. The Labute approximate surface area is 200 Å². The average molecular weight is 466 g/mol. The van der Waals surface area contributed by atoms with Crippen LogP contribution in [0.15, 0.2) is 51.9 Å². The maximum Gasteiger partial charge on any atom is 0.229 e. The van der Waals surface area contributed by atoms with Crippen LogP contribution in [0.4, 0.5) is 5.69 Å². The van der Waals surface area contributed by atoms with Gasteiger partial charge in [-0.2, -0.15) is 0 Å². The first-order chi connectivity index (χ1) is 15.8. The number of ether oxygens (including phenoxy) is 1. The molecular formula is C26H31N3O3S. The highest BCUT2D eigenvalue weighted by atomic mass is 32.2. The van der Waals surface area contributed by atoms with Crippen LogP contribution in [-0.4, -0.2) is 28.5 Å². The van der Waals surface area contributed by atoms with E-state index in [1.165, 1.54) is 5.56 Å². The van der Waals surface area contributed by atoms with Crippen molar-refractivity contribution in [2.75, 3.05) is 18.1 Å². The molecule has 0 radical (unpaired) electrons. The molecule has 0 N–H and O–H groups in total. The maximum atomic E-state index is 13.0. The van der Waals surface area contributed by atoms with Crippen molar-refractivity contribution in [1.29, 1.82) is 0 Å². The lowest BCUT2D eigenvalue weighted by Gasteiger charge is -2.25. The number of rotatable bonds is 6. The number of nitrogens with zero attached hydrogens (tertiary/aromatic N) is 3. The van der Waals surface area contributed by atoms with Gasteiger partial charge in [-0.15, -0.1) is 0 Å². The molecule has 0 spiro atoms. The van der Waals surface area contributed by atoms with Gasteiger partial charge in [0.15, 0.2) is 0 Å². The Morgan fingerprint density at radius 1 is 1.15 bits per heavy atom. The molecule has 0 saturated carbocycles. The third kappa shape index (κ3) is 5.42. The summed E-state index contributed by atoms with van der Waals surface area (Å²) >= 11 is 1.66. The molecule has 1 aliphatic heterocycles. The molecule has 3 aromatic rings. The predicted molar refractivity (Wildman–Crippen MR) is 131 cm³/mol. The number of aromatic nitrogens is 1. The van der Waals surface area contributed by atoms with Crippen molar-refractivity contribution in [3.05, 3.63) is 70.6 Å². The van der Waals surface area contributed by atoms with Crippen molar-refractivity contribution in [3.63, 3.8) is 0 Å². The number of hydrogen-bond donors (Lipinski definition) is 0. The van der Waals surface area contributed by atoms with Crippen molar-refractivity contribution < 1.29 is 14.1 Å². The summed E-state index contributed by atoms with van der Waals surface area (Å²) in [5.74, 6) is 1.76. The Hall–Kier alpha value is -2.77. The van der Waals surface area contributed by atoms with Gasteiger partial charge in [-0.25, -0.2) is 4.31 Å². The lowest BCUT2D eigenvalue weighted by molar-refractivity contribution is -0.121. The van der Waals surface area contributed by atoms with E-state index in [4.69, 9.17) is 9.26 Å². The smallest absolute Gasteiger partial charge is 0.229 e. The minimum atomic E-state index is -0.0857. The van der Waals surface area contributed by atoms with Gasteiger partial charge < -0.3 is 14.2 Å². The van der Waals surface area contributed by atoms with Gasteiger partial charge in [0, 0.05) is 30.3 Å². The van der Waals surface area contributed by atoms with Gasteiger partial charge in [0.2, 0.25) is 5.91 Å². The first-order valence-corrected chi connectivity index (χ1v) is 12.1. The molecule has 33 heavy (non-hydrogen) atoms. The van der Waals surface area contributed by atoms with E-state index in [-0.39, 0.29) is 11.8 Å². The third-order valence-corrected chi connectivity index (χ3v) is 7.04. The van der Waals surface area contributed by atoms with Gasteiger partial charge in [-0.1, -0.05) is 42.8 Å². The normalized spacial score (nSPS) is 14.0. The lowest BCUT2D eigenvalue weighted by Crippen LogP contribution is -2.33. The zero-order valence-corrected chi connectivity index (χ0v) is 20.7.